The second-order valence-electron chi connectivity index (χ2n) is 3.64. The molecule has 2 rings (SSSR count). The first kappa shape index (κ1) is 12.7. The van der Waals surface area contributed by atoms with E-state index in [2.05, 4.69) is 30.6 Å². The Hall–Kier alpha value is -2.71. The summed E-state index contributed by atoms with van der Waals surface area (Å²) in [7, 11) is 1.42. The molecule has 2 N–H and O–H groups in total. The zero-order chi connectivity index (χ0) is 14.0. The van der Waals surface area contributed by atoms with E-state index in [1.54, 1.807) is 13.8 Å². The van der Waals surface area contributed by atoms with Crippen molar-refractivity contribution in [1.29, 1.82) is 0 Å². The van der Waals surface area contributed by atoms with Crippen molar-refractivity contribution in [2.45, 2.75) is 13.8 Å². The lowest BCUT2D eigenvalue weighted by atomic mass is 10.3. The number of anilines is 1. The quantitative estimate of drug-likeness (QED) is 0.817. The molecule has 0 spiro atoms. The van der Waals surface area contributed by atoms with Crippen LogP contribution in [0.15, 0.2) is 9.05 Å². The standard InChI is InChI=1S/C10H11N5O4/c1-4-7(18-5(2)12-4)10(17)13-8-6(9(16)11-3)14-19-15-8/h1-3H3,(H,11,16)(H,13,15,17). The molecule has 0 atom stereocenters. The van der Waals surface area contributed by atoms with Crippen LogP contribution in [0.4, 0.5) is 5.82 Å². The molecule has 2 heterocycles. The highest BCUT2D eigenvalue weighted by atomic mass is 16.6. The van der Waals surface area contributed by atoms with Crippen molar-refractivity contribution < 1.29 is 18.6 Å². The predicted molar refractivity (Wildman–Crippen MR) is 61.6 cm³/mol. The zero-order valence-corrected chi connectivity index (χ0v) is 10.5. The van der Waals surface area contributed by atoms with Crippen LogP contribution < -0.4 is 10.6 Å². The third-order valence-corrected chi connectivity index (χ3v) is 2.27. The van der Waals surface area contributed by atoms with Crippen LogP contribution >= 0.6 is 0 Å². The van der Waals surface area contributed by atoms with Crippen LogP contribution in [0.3, 0.4) is 0 Å². The average molecular weight is 265 g/mol. The highest BCUT2D eigenvalue weighted by Crippen LogP contribution is 2.14. The second-order valence-corrected chi connectivity index (χ2v) is 3.64. The summed E-state index contributed by atoms with van der Waals surface area (Å²) in [5.41, 5.74) is 0.317. The molecular weight excluding hydrogens is 254 g/mol. The molecule has 0 unspecified atom stereocenters. The van der Waals surface area contributed by atoms with Gasteiger partial charge in [-0.2, -0.15) is 0 Å². The number of oxazole rings is 1. The van der Waals surface area contributed by atoms with Crippen LogP contribution in [0.25, 0.3) is 0 Å². The molecule has 0 bridgehead atoms. The van der Waals surface area contributed by atoms with Gasteiger partial charge in [0.25, 0.3) is 11.8 Å². The Morgan fingerprint density at radius 3 is 2.47 bits per heavy atom. The second kappa shape index (κ2) is 4.88. The van der Waals surface area contributed by atoms with Gasteiger partial charge in [-0.15, -0.1) is 0 Å². The molecule has 0 aliphatic rings. The number of amides is 2. The van der Waals surface area contributed by atoms with Crippen LogP contribution in [0.5, 0.6) is 0 Å². The first-order valence-electron chi connectivity index (χ1n) is 5.33. The van der Waals surface area contributed by atoms with Gasteiger partial charge in [-0.05, 0) is 17.2 Å². The lowest BCUT2D eigenvalue weighted by molar-refractivity contribution is 0.0954. The summed E-state index contributed by atoms with van der Waals surface area (Å²) in [6.45, 7) is 3.25. The summed E-state index contributed by atoms with van der Waals surface area (Å²) in [5, 5.41) is 11.6. The summed E-state index contributed by atoms with van der Waals surface area (Å²) in [5.74, 6) is -0.783. The summed E-state index contributed by atoms with van der Waals surface area (Å²) < 4.78 is 9.57. The Morgan fingerprint density at radius 2 is 1.89 bits per heavy atom. The molecule has 0 aromatic carbocycles. The van der Waals surface area contributed by atoms with Gasteiger partial charge in [0, 0.05) is 14.0 Å². The van der Waals surface area contributed by atoms with Crippen molar-refractivity contribution in [2.75, 3.05) is 12.4 Å². The van der Waals surface area contributed by atoms with E-state index in [0.717, 1.165) is 0 Å². The maximum atomic E-state index is 11.9. The number of nitrogens with one attached hydrogen (secondary N) is 2. The van der Waals surface area contributed by atoms with Crippen molar-refractivity contribution in [2.24, 2.45) is 0 Å². The third kappa shape index (κ3) is 2.44. The van der Waals surface area contributed by atoms with Crippen LogP contribution in [-0.2, 0) is 0 Å². The molecule has 100 valence electrons. The van der Waals surface area contributed by atoms with Gasteiger partial charge in [-0.3, -0.25) is 14.9 Å². The molecule has 19 heavy (non-hydrogen) atoms. The highest BCUT2D eigenvalue weighted by Gasteiger charge is 2.22. The smallest absolute Gasteiger partial charge is 0.294 e. The maximum Gasteiger partial charge on any atom is 0.294 e. The summed E-state index contributed by atoms with van der Waals surface area (Å²) in [4.78, 5) is 27.3. The minimum Gasteiger partial charge on any atom is -0.436 e. The minimum atomic E-state index is -0.584. The largest absolute Gasteiger partial charge is 0.436 e. The SMILES string of the molecule is CNC(=O)c1nonc1NC(=O)c1oc(C)nc1C. The van der Waals surface area contributed by atoms with Crippen molar-refractivity contribution in [3.8, 4) is 0 Å². The average Bonchev–Trinajstić information content (AvgIpc) is 2.95. The molecule has 2 aromatic rings. The van der Waals surface area contributed by atoms with Crippen LogP contribution in [0, 0.1) is 13.8 Å². The Bertz CT molecular complexity index is 630. The van der Waals surface area contributed by atoms with Gasteiger partial charge < -0.3 is 9.73 Å². The Balaban J connectivity index is 2.22. The van der Waals surface area contributed by atoms with E-state index in [4.69, 9.17) is 4.42 Å². The maximum absolute atomic E-state index is 11.9. The molecule has 2 aromatic heterocycles. The normalized spacial score (nSPS) is 10.3. The number of aryl methyl sites for hydroxylation is 2. The van der Waals surface area contributed by atoms with Crippen molar-refractivity contribution in [1.82, 2.24) is 20.6 Å². The number of aromatic nitrogens is 3. The van der Waals surface area contributed by atoms with Gasteiger partial charge in [0.05, 0.1) is 5.69 Å². The highest BCUT2D eigenvalue weighted by molar-refractivity contribution is 6.06. The number of hydrogen-bond acceptors (Lipinski definition) is 7. The number of carbonyl (C=O) groups excluding carboxylic acids is 2. The van der Waals surface area contributed by atoms with E-state index in [0.29, 0.717) is 11.6 Å². The lowest BCUT2D eigenvalue weighted by Crippen LogP contribution is -2.21. The number of carbonyl (C=O) groups is 2. The first-order chi connectivity index (χ1) is 9.02. The third-order valence-electron chi connectivity index (χ3n) is 2.27. The van der Waals surface area contributed by atoms with Gasteiger partial charge in [0.15, 0.2) is 5.89 Å². The fraction of sp³-hybridized carbons (Fsp3) is 0.300. The molecule has 0 radical (unpaired) electrons. The van der Waals surface area contributed by atoms with Crippen molar-refractivity contribution in [3.05, 3.63) is 23.0 Å². The monoisotopic (exact) mass is 265 g/mol. The Labute approximate surface area is 107 Å². The van der Waals surface area contributed by atoms with Gasteiger partial charge in [-0.1, -0.05) is 0 Å². The molecule has 2 amide bonds. The summed E-state index contributed by atoms with van der Waals surface area (Å²) >= 11 is 0. The van der Waals surface area contributed by atoms with Crippen LogP contribution in [0.2, 0.25) is 0 Å². The summed E-state index contributed by atoms with van der Waals surface area (Å²) in [6.07, 6.45) is 0. The Kier molecular flexibility index (Phi) is 3.27. The van der Waals surface area contributed by atoms with E-state index in [1.807, 2.05) is 0 Å². The van der Waals surface area contributed by atoms with Gasteiger partial charge in [-0.25, -0.2) is 9.61 Å². The minimum absolute atomic E-state index is 0.0448. The Morgan fingerprint density at radius 1 is 1.16 bits per heavy atom. The van der Waals surface area contributed by atoms with E-state index in [-0.39, 0.29) is 17.3 Å². The molecule has 0 saturated heterocycles. The predicted octanol–water partition coefficient (Wildman–Crippen LogP) is 0.286. The summed E-state index contributed by atoms with van der Waals surface area (Å²) in [6, 6.07) is 0. The molecule has 0 fully saturated rings. The van der Waals surface area contributed by atoms with Crippen LogP contribution in [0.1, 0.15) is 32.6 Å². The number of rotatable bonds is 3. The molecule has 9 nitrogen and oxygen atoms in total. The lowest BCUT2D eigenvalue weighted by Gasteiger charge is -2.00. The molecule has 0 saturated carbocycles. The topological polar surface area (TPSA) is 123 Å². The van der Waals surface area contributed by atoms with Gasteiger partial charge in [0.2, 0.25) is 17.3 Å². The molecule has 9 heteroatoms. The molecular formula is C10H11N5O4. The number of nitrogens with zero attached hydrogens (tertiary/aromatic N) is 3. The first-order valence-corrected chi connectivity index (χ1v) is 5.33. The van der Waals surface area contributed by atoms with Crippen LogP contribution in [-0.4, -0.2) is 34.2 Å². The van der Waals surface area contributed by atoms with Crippen molar-refractivity contribution in [3.63, 3.8) is 0 Å². The fourth-order valence-electron chi connectivity index (χ4n) is 1.44. The van der Waals surface area contributed by atoms with Crippen molar-refractivity contribution >= 4 is 17.6 Å². The van der Waals surface area contributed by atoms with E-state index in [1.165, 1.54) is 7.05 Å². The van der Waals surface area contributed by atoms with E-state index in [9.17, 15) is 9.59 Å². The molecule has 0 aliphatic heterocycles. The van der Waals surface area contributed by atoms with Gasteiger partial charge in [0.1, 0.15) is 0 Å². The zero-order valence-electron chi connectivity index (χ0n) is 10.5. The molecule has 0 aliphatic carbocycles. The fourth-order valence-corrected chi connectivity index (χ4v) is 1.44. The number of hydrogen-bond donors (Lipinski definition) is 2. The van der Waals surface area contributed by atoms with Gasteiger partial charge >= 0.3 is 0 Å². The van der Waals surface area contributed by atoms with E-state index < -0.39 is 11.8 Å². The van der Waals surface area contributed by atoms with E-state index >= 15 is 0 Å².